The van der Waals surface area contributed by atoms with Gasteiger partial charge in [-0.25, -0.2) is 27.5 Å². The van der Waals surface area contributed by atoms with Gasteiger partial charge in [-0.1, -0.05) is 11.6 Å². The lowest BCUT2D eigenvalue weighted by atomic mass is 10.3. The number of thiazole rings is 1. The average Bonchev–Trinajstić information content (AvgIpc) is 3.12. The maximum absolute atomic E-state index is 13.2. The highest BCUT2D eigenvalue weighted by molar-refractivity contribution is 7.89. The minimum Gasteiger partial charge on any atom is -0.346 e. The highest BCUT2D eigenvalue weighted by Crippen LogP contribution is 2.19. The Bertz CT molecular complexity index is 1140. The Morgan fingerprint density at radius 1 is 1.17 bits per heavy atom. The number of carbonyl (C=O) groups excluding carboxylic acids is 1. The fraction of sp³-hybridized carbons (Fsp3) is 0.176. The normalized spacial score (nSPS) is 11.4. The van der Waals surface area contributed by atoms with Crippen molar-refractivity contribution in [3.05, 3.63) is 68.9 Å². The molecule has 0 aliphatic rings. The lowest BCUT2D eigenvalue weighted by Crippen LogP contribution is -2.25. The molecule has 3 aromatic rings. The van der Waals surface area contributed by atoms with E-state index in [9.17, 15) is 17.6 Å². The van der Waals surface area contributed by atoms with Crippen molar-refractivity contribution < 1.29 is 17.6 Å². The van der Waals surface area contributed by atoms with Crippen molar-refractivity contribution in [1.29, 1.82) is 0 Å². The lowest BCUT2D eigenvalue weighted by molar-refractivity contribution is 0.0946. The van der Waals surface area contributed by atoms with Gasteiger partial charge in [-0.15, -0.1) is 11.3 Å². The summed E-state index contributed by atoms with van der Waals surface area (Å²) in [5.74, 6) is -1.12. The van der Waals surface area contributed by atoms with Gasteiger partial charge in [-0.3, -0.25) is 9.78 Å². The molecule has 0 atom stereocenters. The number of carbonyl (C=O) groups is 1. The van der Waals surface area contributed by atoms with Crippen LogP contribution < -0.4 is 10.0 Å². The van der Waals surface area contributed by atoms with E-state index in [0.29, 0.717) is 12.2 Å². The number of aromatic nitrogens is 3. The molecule has 12 heteroatoms. The number of aryl methyl sites for hydroxylation is 1. The Morgan fingerprint density at radius 2 is 1.97 bits per heavy atom. The van der Waals surface area contributed by atoms with Gasteiger partial charge in [-0.2, -0.15) is 0 Å². The number of hydrogen-bond acceptors (Lipinski definition) is 7. The Kier molecular flexibility index (Phi) is 6.52. The van der Waals surface area contributed by atoms with Gasteiger partial charge in [-0.05, 0) is 25.1 Å². The highest BCUT2D eigenvalue weighted by Gasteiger charge is 2.16. The smallest absolute Gasteiger partial charge is 0.271 e. The van der Waals surface area contributed by atoms with E-state index in [1.54, 1.807) is 6.20 Å². The summed E-state index contributed by atoms with van der Waals surface area (Å²) in [5, 5.41) is 3.32. The average molecular weight is 456 g/mol. The Hall–Kier alpha value is -2.47. The number of nitrogens with one attached hydrogen (secondary N) is 2. The molecule has 152 valence electrons. The number of sulfonamides is 1. The molecule has 3 rings (SSSR count). The van der Waals surface area contributed by atoms with Gasteiger partial charge in [0.1, 0.15) is 11.5 Å². The zero-order valence-corrected chi connectivity index (χ0v) is 17.4. The summed E-state index contributed by atoms with van der Waals surface area (Å²) in [5.41, 5.74) is 0.402. The number of halogens is 2. The van der Waals surface area contributed by atoms with Crippen LogP contribution in [0.15, 0.2) is 41.7 Å². The predicted molar refractivity (Wildman–Crippen MR) is 105 cm³/mol. The van der Waals surface area contributed by atoms with Crippen LogP contribution in [0.25, 0.3) is 0 Å². The third kappa shape index (κ3) is 5.54. The largest absolute Gasteiger partial charge is 0.346 e. The predicted octanol–water partition coefficient (Wildman–Crippen LogP) is 2.44. The SMILES string of the molecule is Cc1ncc(CNC(=O)c2cnc(CNS(=O)(=O)c3ccc(F)c(Cl)c3)cn2)s1. The third-order valence-electron chi connectivity index (χ3n) is 3.67. The second-order valence-electron chi connectivity index (χ2n) is 5.82. The van der Waals surface area contributed by atoms with Gasteiger partial charge in [0.2, 0.25) is 10.0 Å². The molecule has 0 radical (unpaired) electrons. The van der Waals surface area contributed by atoms with Gasteiger partial charge < -0.3 is 5.32 Å². The second-order valence-corrected chi connectivity index (χ2v) is 9.32. The van der Waals surface area contributed by atoms with Crippen molar-refractivity contribution in [2.24, 2.45) is 0 Å². The van der Waals surface area contributed by atoms with E-state index in [1.807, 2.05) is 6.92 Å². The molecule has 2 heterocycles. The molecule has 29 heavy (non-hydrogen) atoms. The fourth-order valence-corrected chi connectivity index (χ4v) is 4.21. The van der Waals surface area contributed by atoms with E-state index in [1.165, 1.54) is 23.7 Å². The summed E-state index contributed by atoms with van der Waals surface area (Å²) in [6, 6.07) is 3.09. The van der Waals surface area contributed by atoms with Crippen LogP contribution in [0.3, 0.4) is 0 Å². The number of nitrogens with zero attached hydrogens (tertiary/aromatic N) is 3. The van der Waals surface area contributed by atoms with E-state index in [2.05, 4.69) is 25.0 Å². The molecule has 0 bridgehead atoms. The first-order chi connectivity index (χ1) is 13.7. The maximum atomic E-state index is 13.2. The van der Waals surface area contributed by atoms with Crippen LogP contribution in [0.4, 0.5) is 4.39 Å². The molecule has 0 spiro atoms. The van der Waals surface area contributed by atoms with E-state index < -0.39 is 21.7 Å². The van der Waals surface area contributed by atoms with Crippen LogP contribution in [-0.4, -0.2) is 29.3 Å². The first kappa shape index (κ1) is 21.2. The zero-order chi connectivity index (χ0) is 21.0. The summed E-state index contributed by atoms with van der Waals surface area (Å²) in [6.07, 6.45) is 4.24. The molecular formula is C17H15ClFN5O3S2. The van der Waals surface area contributed by atoms with E-state index in [4.69, 9.17) is 11.6 Å². The Morgan fingerprint density at radius 3 is 2.59 bits per heavy atom. The van der Waals surface area contributed by atoms with Crippen molar-refractivity contribution in [3.8, 4) is 0 Å². The van der Waals surface area contributed by atoms with Gasteiger partial charge in [0.05, 0.1) is 46.1 Å². The molecule has 0 aliphatic carbocycles. The quantitative estimate of drug-likeness (QED) is 0.565. The molecule has 1 aromatic carbocycles. The fourth-order valence-electron chi connectivity index (χ4n) is 2.20. The number of rotatable bonds is 7. The number of hydrogen-bond donors (Lipinski definition) is 2. The third-order valence-corrected chi connectivity index (χ3v) is 6.28. The van der Waals surface area contributed by atoms with Gasteiger partial charge in [0.15, 0.2) is 0 Å². The van der Waals surface area contributed by atoms with Crippen molar-refractivity contribution in [3.63, 3.8) is 0 Å². The van der Waals surface area contributed by atoms with Crippen LogP contribution in [0.2, 0.25) is 5.02 Å². The minimum absolute atomic E-state index is 0.100. The van der Waals surface area contributed by atoms with Gasteiger partial charge in [0, 0.05) is 11.1 Å². The summed E-state index contributed by atoms with van der Waals surface area (Å²) in [4.78, 5) is 25.0. The van der Waals surface area contributed by atoms with Crippen LogP contribution in [-0.2, 0) is 23.1 Å². The molecule has 0 saturated carbocycles. The first-order valence-electron chi connectivity index (χ1n) is 8.20. The molecule has 0 fully saturated rings. The topological polar surface area (TPSA) is 114 Å². The molecular weight excluding hydrogens is 441 g/mol. The highest BCUT2D eigenvalue weighted by atomic mass is 35.5. The molecule has 0 aliphatic heterocycles. The minimum atomic E-state index is -3.91. The van der Waals surface area contributed by atoms with Crippen molar-refractivity contribution in [1.82, 2.24) is 25.0 Å². The molecule has 8 nitrogen and oxygen atoms in total. The van der Waals surface area contributed by atoms with Crippen molar-refractivity contribution in [2.75, 3.05) is 0 Å². The second kappa shape index (κ2) is 8.91. The Labute approximate surface area is 175 Å². The van der Waals surface area contributed by atoms with Crippen molar-refractivity contribution in [2.45, 2.75) is 24.9 Å². The van der Waals surface area contributed by atoms with E-state index in [0.717, 1.165) is 28.1 Å². The Balaban J connectivity index is 1.58. The summed E-state index contributed by atoms with van der Waals surface area (Å²) in [6.45, 7) is 2.04. The van der Waals surface area contributed by atoms with Crippen molar-refractivity contribution >= 4 is 38.9 Å². The summed E-state index contributed by atoms with van der Waals surface area (Å²) in [7, 11) is -3.91. The zero-order valence-electron chi connectivity index (χ0n) is 15.0. The molecule has 2 aromatic heterocycles. The van der Waals surface area contributed by atoms with Crippen LogP contribution >= 0.6 is 22.9 Å². The number of benzene rings is 1. The molecule has 0 saturated heterocycles. The summed E-state index contributed by atoms with van der Waals surface area (Å²) >= 11 is 7.10. The van der Waals surface area contributed by atoms with Crippen LogP contribution in [0, 0.1) is 12.7 Å². The first-order valence-corrected chi connectivity index (χ1v) is 10.9. The van der Waals surface area contributed by atoms with E-state index in [-0.39, 0.29) is 22.2 Å². The van der Waals surface area contributed by atoms with Crippen LogP contribution in [0.1, 0.15) is 26.1 Å². The van der Waals surface area contributed by atoms with E-state index >= 15 is 0 Å². The molecule has 0 unspecified atom stereocenters. The van der Waals surface area contributed by atoms with Gasteiger partial charge in [0.25, 0.3) is 5.91 Å². The molecule has 1 amide bonds. The monoisotopic (exact) mass is 455 g/mol. The van der Waals surface area contributed by atoms with Gasteiger partial charge >= 0.3 is 0 Å². The maximum Gasteiger partial charge on any atom is 0.271 e. The van der Waals surface area contributed by atoms with Crippen LogP contribution in [0.5, 0.6) is 0 Å². The lowest BCUT2D eigenvalue weighted by Gasteiger charge is -2.07. The summed E-state index contributed by atoms with van der Waals surface area (Å²) < 4.78 is 40.0. The standard InChI is InChI=1S/C17H15ClFN5O3S2/c1-10-20-7-12(28-10)8-23-17(25)16-9-21-11(5-22-16)6-24-29(26,27)13-2-3-15(19)14(18)4-13/h2-5,7,9,24H,6,8H2,1H3,(H,23,25). The number of amides is 1. The molecule has 2 N–H and O–H groups in total.